The molecule has 0 saturated carbocycles. The van der Waals surface area contributed by atoms with Gasteiger partial charge < -0.3 is 9.84 Å². The number of benzene rings is 1. The molecule has 1 N–H and O–H groups in total. The standard InChI is InChI=1S/C16H23NO3/c1-2-13-3-5-14(6-4-13)11-15(12-16(18)19)17-7-9-20-10-8-17/h3-6,15H,2,7-12H2,1H3,(H,18,19). The van der Waals surface area contributed by atoms with Crippen molar-refractivity contribution in [2.75, 3.05) is 26.3 Å². The molecule has 4 nitrogen and oxygen atoms in total. The Morgan fingerprint density at radius 1 is 1.25 bits per heavy atom. The Morgan fingerprint density at radius 2 is 1.85 bits per heavy atom. The zero-order valence-corrected chi connectivity index (χ0v) is 12.0. The monoisotopic (exact) mass is 277 g/mol. The summed E-state index contributed by atoms with van der Waals surface area (Å²) < 4.78 is 5.35. The van der Waals surface area contributed by atoms with Gasteiger partial charge in [0.15, 0.2) is 0 Å². The van der Waals surface area contributed by atoms with E-state index in [4.69, 9.17) is 9.84 Å². The Labute approximate surface area is 120 Å². The van der Waals surface area contributed by atoms with Crippen molar-refractivity contribution in [1.29, 1.82) is 0 Å². The lowest BCUT2D eigenvalue weighted by Gasteiger charge is -2.33. The Bertz CT molecular complexity index is 424. The van der Waals surface area contributed by atoms with Crippen LogP contribution < -0.4 is 0 Å². The number of carboxylic acid groups (broad SMARTS) is 1. The normalized spacial score (nSPS) is 17.9. The van der Waals surface area contributed by atoms with Crippen LogP contribution in [0.25, 0.3) is 0 Å². The second-order valence-corrected chi connectivity index (χ2v) is 5.27. The lowest BCUT2D eigenvalue weighted by molar-refractivity contribution is -0.138. The first kappa shape index (κ1) is 15.0. The first-order valence-electron chi connectivity index (χ1n) is 7.30. The molecule has 1 saturated heterocycles. The zero-order chi connectivity index (χ0) is 14.4. The molecule has 1 unspecified atom stereocenters. The van der Waals surface area contributed by atoms with Crippen LogP contribution in [-0.4, -0.2) is 48.3 Å². The first-order valence-corrected chi connectivity index (χ1v) is 7.30. The molecule has 1 aromatic rings. The SMILES string of the molecule is CCc1ccc(CC(CC(=O)O)N2CCOCC2)cc1. The van der Waals surface area contributed by atoms with E-state index in [1.165, 1.54) is 11.1 Å². The number of rotatable bonds is 6. The van der Waals surface area contributed by atoms with Gasteiger partial charge in [0.2, 0.25) is 0 Å². The van der Waals surface area contributed by atoms with Gasteiger partial charge in [0.1, 0.15) is 0 Å². The van der Waals surface area contributed by atoms with E-state index >= 15 is 0 Å². The molecule has 1 aromatic carbocycles. The first-order chi connectivity index (χ1) is 9.69. The van der Waals surface area contributed by atoms with E-state index in [2.05, 4.69) is 36.1 Å². The number of ether oxygens (including phenoxy) is 1. The maximum Gasteiger partial charge on any atom is 0.304 e. The maximum atomic E-state index is 11.1. The fourth-order valence-corrected chi connectivity index (χ4v) is 2.66. The summed E-state index contributed by atoms with van der Waals surface area (Å²) in [6.07, 6.45) is 2.01. The van der Waals surface area contributed by atoms with Crippen LogP contribution in [-0.2, 0) is 22.4 Å². The highest BCUT2D eigenvalue weighted by atomic mass is 16.5. The summed E-state index contributed by atoms with van der Waals surface area (Å²) in [5.74, 6) is -0.730. The highest BCUT2D eigenvalue weighted by molar-refractivity contribution is 5.67. The fourth-order valence-electron chi connectivity index (χ4n) is 2.66. The van der Waals surface area contributed by atoms with E-state index in [-0.39, 0.29) is 12.5 Å². The van der Waals surface area contributed by atoms with Gasteiger partial charge in [0.25, 0.3) is 0 Å². The number of nitrogens with zero attached hydrogens (tertiary/aromatic N) is 1. The van der Waals surface area contributed by atoms with Gasteiger partial charge in [-0.25, -0.2) is 0 Å². The number of aliphatic carboxylic acids is 1. The summed E-state index contributed by atoms with van der Waals surface area (Å²) in [4.78, 5) is 13.3. The molecule has 0 spiro atoms. The average Bonchev–Trinajstić information content (AvgIpc) is 2.48. The quantitative estimate of drug-likeness (QED) is 0.863. The number of aryl methyl sites for hydroxylation is 1. The predicted octanol–water partition coefficient (Wildman–Crippen LogP) is 1.97. The molecule has 0 radical (unpaired) electrons. The van der Waals surface area contributed by atoms with E-state index in [0.717, 1.165) is 25.9 Å². The van der Waals surface area contributed by atoms with E-state index in [1.54, 1.807) is 0 Å². The summed E-state index contributed by atoms with van der Waals surface area (Å²) in [6.45, 7) is 5.18. The van der Waals surface area contributed by atoms with Crippen LogP contribution in [0.4, 0.5) is 0 Å². The Morgan fingerprint density at radius 3 is 2.40 bits per heavy atom. The molecule has 1 fully saturated rings. The molecule has 0 aromatic heterocycles. The molecule has 1 aliphatic heterocycles. The van der Waals surface area contributed by atoms with E-state index in [0.29, 0.717) is 13.2 Å². The van der Waals surface area contributed by atoms with Crippen LogP contribution in [0.5, 0.6) is 0 Å². The summed E-state index contributed by atoms with van der Waals surface area (Å²) >= 11 is 0. The Hall–Kier alpha value is -1.39. The Balaban J connectivity index is 2.03. The van der Waals surface area contributed by atoms with Crippen molar-refractivity contribution in [2.24, 2.45) is 0 Å². The van der Waals surface area contributed by atoms with Crippen LogP contribution >= 0.6 is 0 Å². The molecule has 1 atom stereocenters. The number of carbonyl (C=O) groups is 1. The predicted molar refractivity (Wildman–Crippen MR) is 78.0 cm³/mol. The third kappa shape index (κ3) is 4.32. The molecule has 0 amide bonds. The van der Waals surface area contributed by atoms with E-state index < -0.39 is 5.97 Å². The van der Waals surface area contributed by atoms with E-state index in [9.17, 15) is 4.79 Å². The minimum absolute atomic E-state index is 0.0591. The van der Waals surface area contributed by atoms with Crippen molar-refractivity contribution < 1.29 is 14.6 Å². The second-order valence-electron chi connectivity index (χ2n) is 5.27. The molecule has 20 heavy (non-hydrogen) atoms. The third-order valence-corrected chi connectivity index (χ3v) is 3.87. The minimum atomic E-state index is -0.730. The summed E-state index contributed by atoms with van der Waals surface area (Å²) in [6, 6.07) is 8.56. The van der Waals surface area contributed by atoms with Crippen LogP contribution in [0.3, 0.4) is 0 Å². The molecule has 4 heteroatoms. The Kier molecular flexibility index (Phi) is 5.56. The lowest BCUT2D eigenvalue weighted by Crippen LogP contribution is -2.45. The van der Waals surface area contributed by atoms with Crippen molar-refractivity contribution >= 4 is 5.97 Å². The lowest BCUT2D eigenvalue weighted by atomic mass is 10.00. The summed E-state index contributed by atoms with van der Waals surface area (Å²) in [5.41, 5.74) is 2.52. The number of morpholine rings is 1. The van der Waals surface area contributed by atoms with Gasteiger partial charge in [0.05, 0.1) is 19.6 Å². The van der Waals surface area contributed by atoms with Crippen molar-refractivity contribution in [3.05, 3.63) is 35.4 Å². The van der Waals surface area contributed by atoms with E-state index in [1.807, 2.05) is 0 Å². The smallest absolute Gasteiger partial charge is 0.304 e. The van der Waals surface area contributed by atoms with Gasteiger partial charge in [-0.3, -0.25) is 9.69 Å². The largest absolute Gasteiger partial charge is 0.481 e. The van der Waals surface area contributed by atoms with Crippen molar-refractivity contribution in [1.82, 2.24) is 4.90 Å². The van der Waals surface area contributed by atoms with Gasteiger partial charge in [-0.1, -0.05) is 31.2 Å². The molecule has 1 aliphatic rings. The highest BCUT2D eigenvalue weighted by Crippen LogP contribution is 2.15. The molecular formula is C16H23NO3. The molecular weight excluding hydrogens is 254 g/mol. The van der Waals surface area contributed by atoms with Crippen LogP contribution in [0.1, 0.15) is 24.5 Å². The van der Waals surface area contributed by atoms with Crippen molar-refractivity contribution in [2.45, 2.75) is 32.2 Å². The van der Waals surface area contributed by atoms with Gasteiger partial charge in [-0.05, 0) is 24.0 Å². The minimum Gasteiger partial charge on any atom is -0.481 e. The van der Waals surface area contributed by atoms with Crippen LogP contribution in [0.15, 0.2) is 24.3 Å². The number of carboxylic acids is 1. The molecule has 110 valence electrons. The van der Waals surface area contributed by atoms with Crippen molar-refractivity contribution in [3.63, 3.8) is 0 Å². The van der Waals surface area contributed by atoms with Gasteiger partial charge in [0, 0.05) is 19.1 Å². The maximum absolute atomic E-state index is 11.1. The van der Waals surface area contributed by atoms with Crippen molar-refractivity contribution in [3.8, 4) is 0 Å². The topological polar surface area (TPSA) is 49.8 Å². The zero-order valence-electron chi connectivity index (χ0n) is 12.0. The summed E-state index contributed by atoms with van der Waals surface area (Å²) in [7, 11) is 0. The molecule has 2 rings (SSSR count). The fraction of sp³-hybridized carbons (Fsp3) is 0.562. The van der Waals surface area contributed by atoms with Gasteiger partial charge >= 0.3 is 5.97 Å². The van der Waals surface area contributed by atoms with Crippen LogP contribution in [0.2, 0.25) is 0 Å². The number of hydrogen-bond donors (Lipinski definition) is 1. The molecule has 0 bridgehead atoms. The average molecular weight is 277 g/mol. The number of hydrogen-bond acceptors (Lipinski definition) is 3. The highest BCUT2D eigenvalue weighted by Gasteiger charge is 2.23. The summed E-state index contributed by atoms with van der Waals surface area (Å²) in [5, 5.41) is 9.12. The molecule has 0 aliphatic carbocycles. The van der Waals surface area contributed by atoms with Crippen LogP contribution in [0, 0.1) is 0 Å². The second kappa shape index (κ2) is 7.41. The molecule has 1 heterocycles. The third-order valence-electron chi connectivity index (χ3n) is 3.87. The van der Waals surface area contributed by atoms with Gasteiger partial charge in [-0.2, -0.15) is 0 Å². The van der Waals surface area contributed by atoms with Gasteiger partial charge in [-0.15, -0.1) is 0 Å².